The number of aromatic nitrogens is 1. The molecule has 0 spiro atoms. The molecule has 1 saturated carbocycles. The lowest BCUT2D eigenvalue weighted by Gasteiger charge is -2.04. The van der Waals surface area contributed by atoms with E-state index in [1.54, 1.807) is 7.11 Å². The number of benzene rings is 1. The summed E-state index contributed by atoms with van der Waals surface area (Å²) in [4.78, 5) is 0. The fourth-order valence-electron chi connectivity index (χ4n) is 2.02. The molecule has 0 atom stereocenters. The first-order valence-corrected chi connectivity index (χ1v) is 5.69. The Morgan fingerprint density at radius 2 is 2.24 bits per heavy atom. The zero-order valence-corrected chi connectivity index (χ0v) is 9.64. The smallest absolute Gasteiger partial charge is 0.230 e. The van der Waals surface area contributed by atoms with Gasteiger partial charge < -0.3 is 15.0 Å². The van der Waals surface area contributed by atoms with Gasteiger partial charge in [-0.1, -0.05) is 17.3 Å². The lowest BCUT2D eigenvalue weighted by Crippen LogP contribution is -1.90. The van der Waals surface area contributed by atoms with E-state index < -0.39 is 0 Å². The monoisotopic (exact) mass is 230 g/mol. The highest BCUT2D eigenvalue weighted by Gasteiger charge is 2.31. The van der Waals surface area contributed by atoms with Gasteiger partial charge in [0.25, 0.3) is 0 Å². The average molecular weight is 230 g/mol. The highest BCUT2D eigenvalue weighted by molar-refractivity contribution is 5.76. The van der Waals surface area contributed by atoms with Gasteiger partial charge in [-0.05, 0) is 30.5 Å². The normalized spacial score (nSPS) is 14.9. The molecule has 0 unspecified atom stereocenters. The molecule has 4 nitrogen and oxygen atoms in total. The molecule has 17 heavy (non-hydrogen) atoms. The molecule has 0 bridgehead atoms. The van der Waals surface area contributed by atoms with Crippen LogP contribution in [0.15, 0.2) is 28.8 Å². The summed E-state index contributed by atoms with van der Waals surface area (Å²) in [5.41, 5.74) is 8.77. The highest BCUT2D eigenvalue weighted by Crippen LogP contribution is 2.46. The van der Waals surface area contributed by atoms with Gasteiger partial charge in [0, 0.05) is 5.92 Å². The summed E-state index contributed by atoms with van der Waals surface area (Å²) in [6.45, 7) is 0. The molecule has 2 aromatic rings. The Balaban J connectivity index is 2.10. The van der Waals surface area contributed by atoms with E-state index in [2.05, 4.69) is 5.16 Å². The molecule has 4 heteroatoms. The van der Waals surface area contributed by atoms with Crippen LogP contribution in [0.25, 0.3) is 11.1 Å². The van der Waals surface area contributed by atoms with Gasteiger partial charge in [0.15, 0.2) is 0 Å². The Kier molecular flexibility index (Phi) is 2.28. The summed E-state index contributed by atoms with van der Waals surface area (Å²) in [6.07, 6.45) is 2.34. The number of nitrogens with two attached hydrogens (primary N) is 1. The molecule has 1 aliphatic rings. The Hall–Kier alpha value is -1.97. The molecule has 3 rings (SSSR count). The highest BCUT2D eigenvalue weighted by atomic mass is 16.5. The maximum absolute atomic E-state index is 5.86. The van der Waals surface area contributed by atoms with Crippen LogP contribution in [0.1, 0.15) is 24.5 Å². The van der Waals surface area contributed by atoms with Gasteiger partial charge in [-0.2, -0.15) is 0 Å². The van der Waals surface area contributed by atoms with E-state index in [0.717, 1.165) is 22.6 Å². The minimum absolute atomic E-state index is 0.389. The predicted molar refractivity (Wildman–Crippen MR) is 64.9 cm³/mol. The Bertz CT molecular complexity index is 544. The van der Waals surface area contributed by atoms with Gasteiger partial charge in [0.1, 0.15) is 5.75 Å². The lowest BCUT2D eigenvalue weighted by atomic mass is 10.0. The molecule has 1 fully saturated rings. The maximum Gasteiger partial charge on any atom is 0.230 e. The van der Waals surface area contributed by atoms with Crippen LogP contribution < -0.4 is 10.5 Å². The van der Waals surface area contributed by atoms with E-state index in [4.69, 9.17) is 15.0 Å². The summed E-state index contributed by atoms with van der Waals surface area (Å²) in [5, 5.41) is 4.07. The van der Waals surface area contributed by atoms with Crippen molar-refractivity contribution in [1.82, 2.24) is 5.16 Å². The largest absolute Gasteiger partial charge is 0.497 e. The average Bonchev–Trinajstić information content (AvgIpc) is 3.13. The van der Waals surface area contributed by atoms with Gasteiger partial charge in [-0.25, -0.2) is 0 Å². The van der Waals surface area contributed by atoms with Gasteiger partial charge in [0.05, 0.1) is 18.4 Å². The summed E-state index contributed by atoms with van der Waals surface area (Å²) >= 11 is 0. The molecular formula is C13H14N2O2. The first-order chi connectivity index (χ1) is 8.29. The molecule has 1 heterocycles. The Labute approximate surface area is 99.4 Å². The Morgan fingerprint density at radius 3 is 2.94 bits per heavy atom. The molecule has 0 amide bonds. The molecule has 1 aromatic carbocycles. The van der Waals surface area contributed by atoms with Crippen molar-refractivity contribution < 1.29 is 9.26 Å². The summed E-state index contributed by atoms with van der Waals surface area (Å²) in [5.74, 6) is 1.71. The summed E-state index contributed by atoms with van der Waals surface area (Å²) < 4.78 is 10.3. The second-order valence-corrected chi connectivity index (χ2v) is 4.31. The number of nitrogen functional groups attached to an aromatic ring is 1. The zero-order valence-electron chi connectivity index (χ0n) is 9.64. The second kappa shape index (κ2) is 3.80. The van der Waals surface area contributed by atoms with Crippen molar-refractivity contribution in [3.05, 3.63) is 30.0 Å². The van der Waals surface area contributed by atoms with E-state index in [1.165, 1.54) is 12.8 Å². The van der Waals surface area contributed by atoms with E-state index in [1.807, 2.05) is 24.3 Å². The summed E-state index contributed by atoms with van der Waals surface area (Å²) in [6, 6.07) is 7.80. The third-order valence-corrected chi connectivity index (χ3v) is 3.07. The minimum atomic E-state index is 0.389. The van der Waals surface area contributed by atoms with E-state index in [9.17, 15) is 0 Å². The van der Waals surface area contributed by atoms with Crippen LogP contribution in [0.2, 0.25) is 0 Å². The number of rotatable bonds is 3. The number of ether oxygens (including phenoxy) is 1. The first kappa shape index (κ1) is 10.2. The third-order valence-electron chi connectivity index (χ3n) is 3.07. The van der Waals surface area contributed by atoms with Crippen molar-refractivity contribution in [3.63, 3.8) is 0 Å². The fourth-order valence-corrected chi connectivity index (χ4v) is 2.02. The molecular weight excluding hydrogens is 216 g/mol. The predicted octanol–water partition coefficient (Wildman–Crippen LogP) is 2.81. The van der Waals surface area contributed by atoms with Gasteiger partial charge in [-0.3, -0.25) is 0 Å². The topological polar surface area (TPSA) is 61.3 Å². The van der Waals surface area contributed by atoms with Gasteiger partial charge in [-0.15, -0.1) is 0 Å². The first-order valence-electron chi connectivity index (χ1n) is 5.69. The Morgan fingerprint density at radius 1 is 1.41 bits per heavy atom. The second-order valence-electron chi connectivity index (χ2n) is 4.31. The minimum Gasteiger partial charge on any atom is -0.497 e. The SMILES string of the molecule is COc1cccc(-c2c(C3CC3)noc2N)c1. The van der Waals surface area contributed by atoms with Crippen molar-refractivity contribution in [3.8, 4) is 16.9 Å². The van der Waals surface area contributed by atoms with Crippen molar-refractivity contribution >= 4 is 5.88 Å². The van der Waals surface area contributed by atoms with E-state index in [0.29, 0.717) is 11.8 Å². The lowest BCUT2D eigenvalue weighted by molar-refractivity contribution is 0.415. The van der Waals surface area contributed by atoms with Crippen molar-refractivity contribution in [2.75, 3.05) is 12.8 Å². The molecule has 88 valence electrons. The van der Waals surface area contributed by atoms with Gasteiger partial charge in [0.2, 0.25) is 5.88 Å². The van der Waals surface area contributed by atoms with Gasteiger partial charge >= 0.3 is 0 Å². The number of hydrogen-bond donors (Lipinski definition) is 1. The number of hydrogen-bond acceptors (Lipinski definition) is 4. The van der Waals surface area contributed by atoms with Crippen molar-refractivity contribution in [1.29, 1.82) is 0 Å². The van der Waals surface area contributed by atoms with Crippen LogP contribution in [0.3, 0.4) is 0 Å². The number of methoxy groups -OCH3 is 1. The van der Waals surface area contributed by atoms with Crippen LogP contribution in [0.5, 0.6) is 5.75 Å². The zero-order chi connectivity index (χ0) is 11.8. The van der Waals surface area contributed by atoms with E-state index >= 15 is 0 Å². The van der Waals surface area contributed by atoms with Crippen LogP contribution in [0.4, 0.5) is 5.88 Å². The third kappa shape index (κ3) is 1.75. The van der Waals surface area contributed by atoms with Crippen molar-refractivity contribution in [2.24, 2.45) is 0 Å². The molecule has 2 N–H and O–H groups in total. The van der Waals surface area contributed by atoms with Crippen LogP contribution >= 0.6 is 0 Å². The number of nitrogens with zero attached hydrogens (tertiary/aromatic N) is 1. The molecule has 1 aromatic heterocycles. The van der Waals surface area contributed by atoms with Crippen LogP contribution in [-0.2, 0) is 0 Å². The molecule has 0 aliphatic heterocycles. The fraction of sp³-hybridized carbons (Fsp3) is 0.308. The van der Waals surface area contributed by atoms with Crippen molar-refractivity contribution in [2.45, 2.75) is 18.8 Å². The van der Waals surface area contributed by atoms with E-state index in [-0.39, 0.29) is 0 Å². The molecule has 0 saturated heterocycles. The molecule has 1 aliphatic carbocycles. The molecule has 0 radical (unpaired) electrons. The quantitative estimate of drug-likeness (QED) is 0.880. The standard InChI is InChI=1S/C13H14N2O2/c1-16-10-4-2-3-9(7-10)11-12(8-5-6-8)15-17-13(11)14/h2-4,7-8H,5-6,14H2,1H3. The van der Waals surface area contributed by atoms with Crippen LogP contribution in [-0.4, -0.2) is 12.3 Å². The van der Waals surface area contributed by atoms with Crippen LogP contribution in [0, 0.1) is 0 Å². The summed E-state index contributed by atoms with van der Waals surface area (Å²) in [7, 11) is 1.65. The number of anilines is 1. The maximum atomic E-state index is 5.86.